The van der Waals surface area contributed by atoms with E-state index in [-0.39, 0.29) is 24.9 Å². The van der Waals surface area contributed by atoms with Crippen molar-refractivity contribution in [1.82, 2.24) is 5.32 Å². The fourth-order valence-corrected chi connectivity index (χ4v) is 3.31. The van der Waals surface area contributed by atoms with E-state index in [0.717, 1.165) is 34.4 Å². The molecule has 0 radical (unpaired) electrons. The molecule has 3 rings (SSSR count). The van der Waals surface area contributed by atoms with E-state index < -0.39 is 5.97 Å². The van der Waals surface area contributed by atoms with Gasteiger partial charge < -0.3 is 14.8 Å². The van der Waals surface area contributed by atoms with Crippen LogP contribution in [0.4, 0.5) is 0 Å². The lowest BCUT2D eigenvalue weighted by Crippen LogP contribution is -2.34. The number of carbonyl (C=O) groups is 2. The fourth-order valence-electron chi connectivity index (χ4n) is 3.18. The van der Waals surface area contributed by atoms with Crippen molar-refractivity contribution < 1.29 is 19.1 Å². The van der Waals surface area contributed by atoms with E-state index >= 15 is 0 Å². The average Bonchev–Trinajstić information content (AvgIpc) is 3.07. The lowest BCUT2D eigenvalue weighted by Gasteiger charge is -2.14. The van der Waals surface area contributed by atoms with Crippen LogP contribution in [0.1, 0.15) is 24.0 Å². The summed E-state index contributed by atoms with van der Waals surface area (Å²) in [4.78, 5) is 23.0. The summed E-state index contributed by atoms with van der Waals surface area (Å²) in [5.74, 6) is 0.281. The Bertz CT molecular complexity index is 848. The zero-order valence-corrected chi connectivity index (χ0v) is 16.1. The first-order valence-corrected chi connectivity index (χ1v) is 9.23. The van der Waals surface area contributed by atoms with E-state index in [1.165, 1.54) is 7.11 Å². The third-order valence-corrected chi connectivity index (χ3v) is 4.76. The second-order valence-corrected chi connectivity index (χ2v) is 7.07. The van der Waals surface area contributed by atoms with Gasteiger partial charge in [0.05, 0.1) is 20.1 Å². The van der Waals surface area contributed by atoms with Gasteiger partial charge in [0.2, 0.25) is 5.91 Å². The van der Waals surface area contributed by atoms with E-state index in [2.05, 4.69) is 29.1 Å². The van der Waals surface area contributed by atoms with Crippen LogP contribution in [0.2, 0.25) is 5.02 Å². The molecule has 0 aromatic heterocycles. The minimum atomic E-state index is -0.391. The number of hydrogen-bond acceptors (Lipinski definition) is 4. The number of rotatable bonds is 6. The lowest BCUT2D eigenvalue weighted by molar-refractivity contribution is -0.142. The molecule has 1 unspecified atom stereocenters. The number of amides is 1. The molecule has 0 spiro atoms. The van der Waals surface area contributed by atoms with Crippen LogP contribution in [-0.2, 0) is 20.7 Å². The van der Waals surface area contributed by atoms with Crippen molar-refractivity contribution in [3.63, 3.8) is 0 Å². The van der Waals surface area contributed by atoms with E-state index in [1.54, 1.807) is 0 Å². The minimum Gasteiger partial charge on any atom is -0.487 e. The van der Waals surface area contributed by atoms with Crippen molar-refractivity contribution in [3.05, 3.63) is 52.5 Å². The van der Waals surface area contributed by atoms with Gasteiger partial charge in [-0.3, -0.25) is 9.59 Å². The SMILES string of the molecule is COC(=O)CCC(=O)NCC1Cc2cc(C)cc(-c3ccc(Cl)cc3)c2O1. The van der Waals surface area contributed by atoms with Crippen LogP contribution < -0.4 is 10.1 Å². The molecule has 142 valence electrons. The van der Waals surface area contributed by atoms with Crippen LogP contribution in [0, 0.1) is 6.92 Å². The van der Waals surface area contributed by atoms with E-state index in [0.29, 0.717) is 11.6 Å². The van der Waals surface area contributed by atoms with E-state index in [1.807, 2.05) is 24.3 Å². The maximum absolute atomic E-state index is 11.9. The highest BCUT2D eigenvalue weighted by Gasteiger charge is 2.26. The molecule has 1 aliphatic rings. The predicted octanol–water partition coefficient (Wildman–Crippen LogP) is 3.69. The van der Waals surface area contributed by atoms with Gasteiger partial charge in [0.25, 0.3) is 0 Å². The van der Waals surface area contributed by atoms with Gasteiger partial charge in [-0.05, 0) is 41.8 Å². The number of methoxy groups -OCH3 is 1. The summed E-state index contributed by atoms with van der Waals surface area (Å²) in [6.07, 6.45) is 0.791. The molecule has 1 amide bonds. The largest absolute Gasteiger partial charge is 0.487 e. The maximum atomic E-state index is 11.9. The number of nitrogens with one attached hydrogen (secondary N) is 1. The number of fused-ring (bicyclic) bond motifs is 1. The molecule has 5 nitrogen and oxygen atoms in total. The quantitative estimate of drug-likeness (QED) is 0.768. The smallest absolute Gasteiger partial charge is 0.306 e. The zero-order chi connectivity index (χ0) is 19.4. The summed E-state index contributed by atoms with van der Waals surface area (Å²) in [6.45, 7) is 2.45. The molecule has 0 fully saturated rings. The second kappa shape index (κ2) is 8.44. The van der Waals surface area contributed by atoms with Crippen LogP contribution in [0.25, 0.3) is 11.1 Å². The number of aryl methyl sites for hydroxylation is 1. The Kier molecular flexibility index (Phi) is 6.01. The summed E-state index contributed by atoms with van der Waals surface area (Å²) >= 11 is 6.00. The van der Waals surface area contributed by atoms with E-state index in [9.17, 15) is 9.59 Å². The minimum absolute atomic E-state index is 0.0774. The summed E-state index contributed by atoms with van der Waals surface area (Å²) in [5, 5.41) is 3.52. The average molecular weight is 388 g/mol. The summed E-state index contributed by atoms with van der Waals surface area (Å²) in [5.41, 5.74) is 4.36. The Morgan fingerprint density at radius 1 is 1.22 bits per heavy atom. The molecule has 1 aliphatic heterocycles. The number of halogens is 1. The van der Waals surface area contributed by atoms with Gasteiger partial charge in [-0.1, -0.05) is 29.8 Å². The Morgan fingerprint density at radius 2 is 1.96 bits per heavy atom. The molecule has 1 atom stereocenters. The zero-order valence-electron chi connectivity index (χ0n) is 15.4. The van der Waals surface area contributed by atoms with Gasteiger partial charge in [-0.15, -0.1) is 0 Å². The molecule has 6 heteroatoms. The molecule has 0 bridgehead atoms. The van der Waals surface area contributed by atoms with Crippen molar-refractivity contribution in [2.45, 2.75) is 32.3 Å². The van der Waals surface area contributed by atoms with Gasteiger partial charge in [-0.2, -0.15) is 0 Å². The number of ether oxygens (including phenoxy) is 2. The molecule has 27 heavy (non-hydrogen) atoms. The summed E-state index contributed by atoms with van der Waals surface area (Å²) < 4.78 is 10.7. The van der Waals surface area contributed by atoms with Crippen LogP contribution in [0.15, 0.2) is 36.4 Å². The van der Waals surface area contributed by atoms with Gasteiger partial charge in [-0.25, -0.2) is 0 Å². The van der Waals surface area contributed by atoms with Crippen molar-refractivity contribution >= 4 is 23.5 Å². The Balaban J connectivity index is 1.66. The molecule has 0 saturated carbocycles. The molecule has 1 heterocycles. The molecular formula is C21H22ClNO4. The lowest BCUT2D eigenvalue weighted by atomic mass is 9.98. The third-order valence-electron chi connectivity index (χ3n) is 4.51. The van der Waals surface area contributed by atoms with E-state index in [4.69, 9.17) is 16.3 Å². The Labute approximate surface area is 163 Å². The van der Waals surface area contributed by atoms with Crippen molar-refractivity contribution in [1.29, 1.82) is 0 Å². The standard InChI is InChI=1S/C21H22ClNO4/c1-13-9-15-11-17(12-23-19(24)7-8-20(25)26-2)27-21(15)18(10-13)14-3-5-16(22)6-4-14/h3-6,9-10,17H,7-8,11-12H2,1-2H3,(H,23,24). The van der Waals surface area contributed by atoms with Crippen LogP contribution in [0.3, 0.4) is 0 Å². The van der Waals surface area contributed by atoms with Gasteiger partial charge in [0.1, 0.15) is 11.9 Å². The van der Waals surface area contributed by atoms with Crippen LogP contribution >= 0.6 is 11.6 Å². The molecule has 1 N–H and O–H groups in total. The topological polar surface area (TPSA) is 64.6 Å². The highest BCUT2D eigenvalue weighted by Crippen LogP contribution is 2.40. The number of hydrogen-bond donors (Lipinski definition) is 1. The Hall–Kier alpha value is -2.53. The first-order chi connectivity index (χ1) is 13.0. The van der Waals surface area contributed by atoms with Crippen molar-refractivity contribution in [2.24, 2.45) is 0 Å². The Morgan fingerprint density at radius 3 is 2.67 bits per heavy atom. The summed E-state index contributed by atoms with van der Waals surface area (Å²) in [7, 11) is 1.31. The number of esters is 1. The van der Waals surface area contributed by atoms with Gasteiger partial charge in [0.15, 0.2) is 0 Å². The molecule has 2 aromatic carbocycles. The van der Waals surface area contributed by atoms with Crippen molar-refractivity contribution in [2.75, 3.05) is 13.7 Å². The third kappa shape index (κ3) is 4.80. The normalized spacial score (nSPS) is 15.0. The fraction of sp³-hybridized carbons (Fsp3) is 0.333. The first-order valence-electron chi connectivity index (χ1n) is 8.86. The second-order valence-electron chi connectivity index (χ2n) is 6.63. The van der Waals surface area contributed by atoms with Gasteiger partial charge >= 0.3 is 5.97 Å². The highest BCUT2D eigenvalue weighted by atomic mass is 35.5. The molecule has 0 aliphatic carbocycles. The first kappa shape index (κ1) is 19.2. The van der Waals surface area contributed by atoms with Crippen LogP contribution in [0.5, 0.6) is 5.75 Å². The monoisotopic (exact) mass is 387 g/mol. The number of carbonyl (C=O) groups excluding carboxylic acids is 2. The van der Waals surface area contributed by atoms with Gasteiger partial charge in [0, 0.05) is 23.4 Å². The summed E-state index contributed by atoms with van der Waals surface area (Å²) in [6, 6.07) is 11.9. The molecule has 0 saturated heterocycles. The maximum Gasteiger partial charge on any atom is 0.306 e. The molecular weight excluding hydrogens is 366 g/mol. The number of benzene rings is 2. The van der Waals surface area contributed by atoms with Crippen LogP contribution in [-0.4, -0.2) is 31.6 Å². The predicted molar refractivity (Wildman–Crippen MR) is 104 cm³/mol. The highest BCUT2D eigenvalue weighted by molar-refractivity contribution is 6.30. The van der Waals surface area contributed by atoms with Crippen molar-refractivity contribution in [3.8, 4) is 16.9 Å². The molecule has 2 aromatic rings.